The van der Waals surface area contributed by atoms with Crippen LogP contribution in [0.3, 0.4) is 0 Å². The van der Waals surface area contributed by atoms with Gasteiger partial charge in [0.05, 0.1) is 18.2 Å². The summed E-state index contributed by atoms with van der Waals surface area (Å²) in [6, 6.07) is 5.56. The monoisotopic (exact) mass is 316 g/mol. The number of methoxy groups -OCH3 is 1. The molecular weight excluding hydrogens is 296 g/mol. The lowest BCUT2D eigenvalue weighted by atomic mass is 10.1. The van der Waals surface area contributed by atoms with Gasteiger partial charge in [0.25, 0.3) is 0 Å². The van der Waals surface area contributed by atoms with Crippen molar-refractivity contribution in [3.05, 3.63) is 28.8 Å². The molecule has 1 fully saturated rings. The highest BCUT2D eigenvalue weighted by Gasteiger charge is 2.15. The fraction of sp³-hybridized carbons (Fsp3) is 0.600. The maximum atomic E-state index is 12.1. The van der Waals surface area contributed by atoms with Crippen LogP contribution in [-0.2, 0) is 21.3 Å². The number of benzene rings is 1. The largest absolute Gasteiger partial charge is 0.495 e. The molecule has 0 saturated carbocycles. The highest BCUT2D eigenvalue weighted by Crippen LogP contribution is 2.25. The van der Waals surface area contributed by atoms with E-state index in [2.05, 4.69) is 0 Å². The van der Waals surface area contributed by atoms with Crippen molar-refractivity contribution in [3.8, 4) is 5.75 Å². The molecular formula is C15H21ClO3S. The number of halogens is 1. The smallest absolute Gasteiger partial charge is 0.137 e. The van der Waals surface area contributed by atoms with E-state index in [0.717, 1.165) is 31.4 Å². The minimum Gasteiger partial charge on any atom is -0.495 e. The third kappa shape index (κ3) is 4.76. The second kappa shape index (κ2) is 8.01. The Morgan fingerprint density at radius 2 is 2.30 bits per heavy atom. The quantitative estimate of drug-likeness (QED) is 0.805. The molecule has 0 spiro atoms. The Morgan fingerprint density at radius 3 is 2.95 bits per heavy atom. The van der Waals surface area contributed by atoms with Crippen LogP contribution in [0.25, 0.3) is 0 Å². The molecule has 0 bridgehead atoms. The zero-order valence-electron chi connectivity index (χ0n) is 11.8. The lowest BCUT2D eigenvalue weighted by Gasteiger charge is -2.22. The maximum Gasteiger partial charge on any atom is 0.137 e. The molecule has 0 N–H and O–H groups in total. The van der Waals surface area contributed by atoms with E-state index in [9.17, 15) is 4.21 Å². The molecule has 0 radical (unpaired) electrons. The van der Waals surface area contributed by atoms with Crippen LogP contribution in [0.1, 0.15) is 31.2 Å². The third-order valence-electron chi connectivity index (χ3n) is 3.49. The summed E-state index contributed by atoms with van der Waals surface area (Å²) in [5, 5.41) is 0.567. The van der Waals surface area contributed by atoms with E-state index in [4.69, 9.17) is 21.1 Å². The van der Waals surface area contributed by atoms with Gasteiger partial charge in [-0.1, -0.05) is 17.7 Å². The van der Waals surface area contributed by atoms with Gasteiger partial charge in [0, 0.05) is 28.9 Å². The van der Waals surface area contributed by atoms with Crippen LogP contribution < -0.4 is 4.74 Å². The third-order valence-corrected chi connectivity index (χ3v) is 5.13. The van der Waals surface area contributed by atoms with Gasteiger partial charge in [-0.25, -0.2) is 0 Å². The maximum absolute atomic E-state index is 12.1. The SMILES string of the molecule is COc1ccc(C[S@@](=O)CC[C@@H]2CCCCO2)cc1Cl. The average Bonchev–Trinajstić information content (AvgIpc) is 2.46. The van der Waals surface area contributed by atoms with Gasteiger partial charge in [0.15, 0.2) is 0 Å². The Labute approximate surface area is 128 Å². The summed E-state index contributed by atoms with van der Waals surface area (Å²) >= 11 is 6.07. The molecule has 20 heavy (non-hydrogen) atoms. The van der Waals surface area contributed by atoms with E-state index in [1.165, 1.54) is 6.42 Å². The Bertz CT molecular complexity index is 458. The number of hydrogen-bond acceptors (Lipinski definition) is 3. The number of ether oxygens (including phenoxy) is 2. The van der Waals surface area contributed by atoms with Crippen LogP contribution in [0.4, 0.5) is 0 Å². The van der Waals surface area contributed by atoms with Gasteiger partial charge in [0.1, 0.15) is 5.75 Å². The molecule has 112 valence electrons. The normalized spacial score (nSPS) is 20.6. The molecule has 1 aromatic carbocycles. The summed E-state index contributed by atoms with van der Waals surface area (Å²) in [6.07, 6.45) is 4.67. The Morgan fingerprint density at radius 1 is 1.45 bits per heavy atom. The molecule has 2 rings (SSSR count). The number of hydrogen-bond donors (Lipinski definition) is 0. The van der Waals surface area contributed by atoms with Crippen LogP contribution in [0.5, 0.6) is 5.75 Å². The molecule has 5 heteroatoms. The number of rotatable bonds is 6. The zero-order valence-corrected chi connectivity index (χ0v) is 13.3. The highest BCUT2D eigenvalue weighted by molar-refractivity contribution is 7.84. The average molecular weight is 317 g/mol. The minimum absolute atomic E-state index is 0.298. The molecule has 0 unspecified atom stereocenters. The van der Waals surface area contributed by atoms with E-state index >= 15 is 0 Å². The molecule has 0 aliphatic carbocycles. The van der Waals surface area contributed by atoms with Crippen molar-refractivity contribution in [1.29, 1.82) is 0 Å². The first-order valence-electron chi connectivity index (χ1n) is 6.98. The summed E-state index contributed by atoms with van der Waals surface area (Å²) < 4.78 is 22.9. The van der Waals surface area contributed by atoms with E-state index < -0.39 is 10.8 Å². The first-order valence-corrected chi connectivity index (χ1v) is 8.84. The van der Waals surface area contributed by atoms with Crippen molar-refractivity contribution < 1.29 is 13.7 Å². The van der Waals surface area contributed by atoms with Gasteiger partial charge >= 0.3 is 0 Å². The van der Waals surface area contributed by atoms with Crippen LogP contribution >= 0.6 is 11.6 Å². The van der Waals surface area contributed by atoms with E-state index in [0.29, 0.717) is 28.4 Å². The first-order chi connectivity index (χ1) is 9.69. The fourth-order valence-corrected chi connectivity index (χ4v) is 3.86. The molecule has 2 atom stereocenters. The molecule has 1 aliphatic rings. The molecule has 3 nitrogen and oxygen atoms in total. The minimum atomic E-state index is -0.869. The zero-order chi connectivity index (χ0) is 14.4. The molecule has 1 aromatic rings. The Kier molecular flexibility index (Phi) is 6.33. The van der Waals surface area contributed by atoms with Gasteiger partial charge in [-0.05, 0) is 43.4 Å². The van der Waals surface area contributed by atoms with Crippen LogP contribution in [0.15, 0.2) is 18.2 Å². The topological polar surface area (TPSA) is 35.5 Å². The van der Waals surface area contributed by atoms with Gasteiger partial charge < -0.3 is 9.47 Å². The van der Waals surface area contributed by atoms with Gasteiger partial charge in [-0.15, -0.1) is 0 Å². The predicted molar refractivity (Wildman–Crippen MR) is 82.9 cm³/mol. The second-order valence-corrected chi connectivity index (χ2v) is 7.02. The predicted octanol–water partition coefficient (Wildman–Crippen LogP) is 3.56. The van der Waals surface area contributed by atoms with E-state index in [1.54, 1.807) is 7.11 Å². The molecule has 1 saturated heterocycles. The van der Waals surface area contributed by atoms with Gasteiger partial charge in [-0.2, -0.15) is 0 Å². The molecule has 0 amide bonds. The van der Waals surface area contributed by atoms with Crippen molar-refractivity contribution in [3.63, 3.8) is 0 Å². The first kappa shape index (κ1) is 15.8. The van der Waals surface area contributed by atoms with Crippen molar-refractivity contribution >= 4 is 22.4 Å². The van der Waals surface area contributed by atoms with Crippen LogP contribution in [0.2, 0.25) is 5.02 Å². The van der Waals surface area contributed by atoms with Crippen molar-refractivity contribution in [2.45, 2.75) is 37.5 Å². The highest BCUT2D eigenvalue weighted by atomic mass is 35.5. The standard InChI is InChI=1S/C15H21ClO3S/c1-18-15-6-5-12(10-14(15)16)11-20(17)9-7-13-4-2-3-8-19-13/h5-6,10,13H,2-4,7-9,11H2,1H3/t13-,20-/m0/s1. The summed E-state index contributed by atoms with van der Waals surface area (Å²) in [5.74, 6) is 1.88. The molecule has 1 aliphatic heterocycles. The lowest BCUT2D eigenvalue weighted by molar-refractivity contribution is 0.0148. The molecule has 0 aromatic heterocycles. The Hall–Kier alpha value is -0.580. The van der Waals surface area contributed by atoms with E-state index in [-0.39, 0.29) is 0 Å². The Balaban J connectivity index is 1.80. The van der Waals surface area contributed by atoms with Crippen molar-refractivity contribution in [2.24, 2.45) is 0 Å². The lowest BCUT2D eigenvalue weighted by Crippen LogP contribution is -2.21. The van der Waals surface area contributed by atoms with Crippen LogP contribution in [-0.4, -0.2) is 29.8 Å². The second-order valence-electron chi connectivity index (χ2n) is 5.03. The summed E-state index contributed by atoms with van der Waals surface area (Å²) in [5.41, 5.74) is 0.985. The van der Waals surface area contributed by atoms with Crippen LogP contribution in [0, 0.1) is 0 Å². The summed E-state index contributed by atoms with van der Waals surface area (Å²) in [7, 11) is 0.718. The fourth-order valence-electron chi connectivity index (χ4n) is 2.36. The van der Waals surface area contributed by atoms with Crippen molar-refractivity contribution in [1.82, 2.24) is 0 Å². The van der Waals surface area contributed by atoms with Crippen molar-refractivity contribution in [2.75, 3.05) is 19.5 Å². The molecule has 1 heterocycles. The summed E-state index contributed by atoms with van der Waals surface area (Å²) in [4.78, 5) is 0. The van der Waals surface area contributed by atoms with E-state index in [1.807, 2.05) is 18.2 Å². The van der Waals surface area contributed by atoms with Gasteiger partial charge in [-0.3, -0.25) is 4.21 Å². The van der Waals surface area contributed by atoms with Gasteiger partial charge in [0.2, 0.25) is 0 Å². The summed E-state index contributed by atoms with van der Waals surface area (Å²) in [6.45, 7) is 0.853.